The average molecular weight is 531 g/mol. The van der Waals surface area contributed by atoms with Crippen LogP contribution in [0.2, 0.25) is 0 Å². The Morgan fingerprint density at radius 3 is 2.71 bits per heavy atom. The number of halogens is 1. The van der Waals surface area contributed by atoms with Gasteiger partial charge in [-0.25, -0.2) is 0 Å². The number of furan rings is 1. The fourth-order valence-corrected chi connectivity index (χ4v) is 8.69. The zero-order valence-corrected chi connectivity index (χ0v) is 21.3. The molecule has 0 bridgehead atoms. The van der Waals surface area contributed by atoms with Crippen LogP contribution in [0, 0.1) is 29.1 Å². The summed E-state index contributed by atoms with van der Waals surface area (Å²) >= 11 is 3.34. The summed E-state index contributed by atoms with van der Waals surface area (Å²) in [5.74, 6) is 2.30. The van der Waals surface area contributed by atoms with Crippen molar-refractivity contribution < 1.29 is 28.3 Å². The summed E-state index contributed by atoms with van der Waals surface area (Å²) in [5.41, 5.74) is -0.204. The van der Waals surface area contributed by atoms with Crippen LogP contribution in [0.1, 0.15) is 77.3 Å². The highest BCUT2D eigenvalue weighted by Gasteiger charge is 2.74. The first-order chi connectivity index (χ1) is 16.2. The molecule has 1 aliphatic heterocycles. The number of ether oxygens (including phenoxy) is 2. The van der Waals surface area contributed by atoms with E-state index < -0.39 is 23.4 Å². The topological polar surface area (TPSA) is 82.8 Å². The third kappa shape index (κ3) is 3.15. The predicted octanol–water partition coefficient (Wildman–Crippen LogP) is 5.49. The van der Waals surface area contributed by atoms with E-state index in [1.165, 1.54) is 12.5 Å². The molecule has 1 saturated heterocycles. The van der Waals surface area contributed by atoms with Crippen molar-refractivity contribution in [2.45, 2.75) is 83.2 Å². The van der Waals surface area contributed by atoms with E-state index in [4.69, 9.17) is 13.9 Å². The molecule has 34 heavy (non-hydrogen) atoms. The Kier molecular flexibility index (Phi) is 5.36. The molecule has 2 heterocycles. The van der Waals surface area contributed by atoms with Gasteiger partial charge in [0.1, 0.15) is 5.78 Å². The van der Waals surface area contributed by atoms with Crippen molar-refractivity contribution in [2.24, 2.45) is 29.1 Å². The minimum absolute atomic E-state index is 0.136. The Hall–Kier alpha value is -1.57. The third-order valence-electron chi connectivity index (χ3n) is 9.69. The van der Waals surface area contributed by atoms with Crippen molar-refractivity contribution in [1.29, 1.82) is 0 Å². The van der Waals surface area contributed by atoms with Gasteiger partial charge in [0.15, 0.2) is 27.6 Å². The van der Waals surface area contributed by atoms with Crippen LogP contribution < -0.4 is 0 Å². The SMILES string of the molecule is CC(=O)CC(=O)[C@@]12O[C@H](c3ccc(Br)o3)O[C@@H]1C[C@H]1[C@@H]3CCC4=CC(=O)CC[C@@H]4[C@H]3CC[C@@]12C. The number of rotatable bonds is 4. The first kappa shape index (κ1) is 22.9. The van der Waals surface area contributed by atoms with Gasteiger partial charge in [-0.15, -0.1) is 0 Å². The standard InChI is InChI=1S/C27H31BrO6/c1-14(29)11-22(31)27-23(33-25(34-27)21-7-8-24(28)32-21)13-20-19-5-3-15-12-16(30)4-6-17(15)18(19)9-10-26(20,27)2/h7-8,12,17-20,23,25H,3-6,9-11,13H2,1-2H3/t17-,18+,19+,20-,23+,25+,26-,27+/m0/s1. The van der Waals surface area contributed by atoms with Gasteiger partial charge in [-0.05, 0) is 103 Å². The lowest BCUT2D eigenvalue weighted by Gasteiger charge is -2.55. The van der Waals surface area contributed by atoms with Crippen LogP contribution >= 0.6 is 15.9 Å². The molecule has 6 rings (SSSR count). The lowest BCUT2D eigenvalue weighted by molar-refractivity contribution is -0.186. The van der Waals surface area contributed by atoms with Gasteiger partial charge in [-0.2, -0.15) is 0 Å². The largest absolute Gasteiger partial charge is 0.449 e. The average Bonchev–Trinajstić information content (AvgIpc) is 3.44. The van der Waals surface area contributed by atoms with Gasteiger partial charge >= 0.3 is 0 Å². The van der Waals surface area contributed by atoms with Gasteiger partial charge in [0, 0.05) is 11.8 Å². The summed E-state index contributed by atoms with van der Waals surface area (Å²) in [4.78, 5) is 37.9. The number of carbonyl (C=O) groups is 3. The van der Waals surface area contributed by atoms with Crippen LogP contribution in [0.5, 0.6) is 0 Å². The quantitative estimate of drug-likeness (QED) is 0.478. The molecule has 0 spiro atoms. The molecule has 3 saturated carbocycles. The monoisotopic (exact) mass is 530 g/mol. The van der Waals surface area contributed by atoms with Crippen LogP contribution in [-0.2, 0) is 23.9 Å². The first-order valence-corrected chi connectivity index (χ1v) is 13.4. The number of hydrogen-bond acceptors (Lipinski definition) is 6. The number of ketones is 3. The van der Waals surface area contributed by atoms with E-state index in [0.29, 0.717) is 34.6 Å². The van der Waals surface area contributed by atoms with E-state index in [-0.39, 0.29) is 29.7 Å². The van der Waals surface area contributed by atoms with Crippen molar-refractivity contribution in [3.63, 3.8) is 0 Å². The Bertz CT molecular complexity index is 1090. The number of Topliss-reactive ketones (excluding diaryl/α,β-unsaturated/α-hetero) is 2. The van der Waals surface area contributed by atoms with Crippen LogP contribution in [0.4, 0.5) is 0 Å². The Morgan fingerprint density at radius 2 is 1.97 bits per heavy atom. The second-order valence-electron chi connectivity index (χ2n) is 11.2. The van der Waals surface area contributed by atoms with Crippen molar-refractivity contribution in [3.8, 4) is 0 Å². The van der Waals surface area contributed by atoms with Crippen LogP contribution in [-0.4, -0.2) is 29.1 Å². The van der Waals surface area contributed by atoms with E-state index in [2.05, 4.69) is 22.9 Å². The molecule has 6 nitrogen and oxygen atoms in total. The Labute approximate surface area is 207 Å². The molecule has 182 valence electrons. The summed E-state index contributed by atoms with van der Waals surface area (Å²) in [6.45, 7) is 3.66. The minimum atomic E-state index is -1.14. The molecule has 0 amide bonds. The highest BCUT2D eigenvalue weighted by Crippen LogP contribution is 2.69. The van der Waals surface area contributed by atoms with Crippen molar-refractivity contribution in [1.82, 2.24) is 0 Å². The first-order valence-electron chi connectivity index (χ1n) is 12.6. The molecule has 0 aromatic carbocycles. The van der Waals surface area contributed by atoms with E-state index in [1.807, 2.05) is 6.08 Å². The summed E-state index contributed by atoms with van der Waals surface area (Å²) in [5, 5.41) is 0. The molecule has 7 heteroatoms. The Balaban J connectivity index is 1.36. The normalized spacial score (nSPS) is 42.9. The number of carbonyl (C=O) groups excluding carboxylic acids is 3. The Morgan fingerprint density at radius 1 is 1.15 bits per heavy atom. The molecular formula is C27H31BrO6. The van der Waals surface area contributed by atoms with Gasteiger partial charge in [0.05, 0.1) is 12.5 Å². The van der Waals surface area contributed by atoms with Gasteiger partial charge < -0.3 is 13.9 Å². The maximum absolute atomic E-state index is 13.8. The maximum atomic E-state index is 13.8. The van der Waals surface area contributed by atoms with E-state index >= 15 is 0 Å². The third-order valence-corrected chi connectivity index (χ3v) is 10.1. The van der Waals surface area contributed by atoms with E-state index in [9.17, 15) is 14.4 Å². The molecule has 8 atom stereocenters. The molecule has 1 aromatic rings. The second kappa shape index (κ2) is 7.97. The number of allylic oxidation sites excluding steroid dienone is 1. The summed E-state index contributed by atoms with van der Waals surface area (Å²) < 4.78 is 19.3. The minimum Gasteiger partial charge on any atom is -0.449 e. The molecule has 4 aliphatic carbocycles. The summed E-state index contributed by atoms with van der Waals surface area (Å²) in [6, 6.07) is 3.59. The van der Waals surface area contributed by atoms with Gasteiger partial charge in [0.2, 0.25) is 6.29 Å². The number of fused-ring (bicyclic) bond motifs is 7. The smallest absolute Gasteiger partial charge is 0.218 e. The fourth-order valence-electron chi connectivity index (χ4n) is 8.37. The number of hydrogen-bond donors (Lipinski definition) is 0. The van der Waals surface area contributed by atoms with Crippen molar-refractivity contribution in [2.75, 3.05) is 0 Å². The van der Waals surface area contributed by atoms with E-state index in [0.717, 1.165) is 38.5 Å². The molecule has 0 radical (unpaired) electrons. The van der Waals surface area contributed by atoms with Gasteiger partial charge in [-0.3, -0.25) is 14.4 Å². The maximum Gasteiger partial charge on any atom is 0.218 e. The molecule has 0 unspecified atom stereocenters. The molecule has 0 N–H and O–H groups in total. The lowest BCUT2D eigenvalue weighted by Crippen LogP contribution is -2.59. The highest BCUT2D eigenvalue weighted by atomic mass is 79.9. The zero-order chi connectivity index (χ0) is 23.8. The van der Waals surface area contributed by atoms with Crippen LogP contribution in [0.15, 0.2) is 32.9 Å². The second-order valence-corrected chi connectivity index (χ2v) is 12.0. The van der Waals surface area contributed by atoms with Crippen molar-refractivity contribution in [3.05, 3.63) is 34.2 Å². The fraction of sp³-hybridized carbons (Fsp3) is 0.667. The van der Waals surface area contributed by atoms with Crippen LogP contribution in [0.25, 0.3) is 0 Å². The molecule has 1 aromatic heterocycles. The molecule has 5 aliphatic rings. The zero-order valence-electron chi connectivity index (χ0n) is 19.7. The lowest BCUT2D eigenvalue weighted by atomic mass is 9.50. The van der Waals surface area contributed by atoms with Crippen LogP contribution in [0.3, 0.4) is 0 Å². The van der Waals surface area contributed by atoms with Gasteiger partial charge in [0.25, 0.3) is 0 Å². The molecular weight excluding hydrogens is 500 g/mol. The van der Waals surface area contributed by atoms with Crippen molar-refractivity contribution >= 4 is 33.3 Å². The van der Waals surface area contributed by atoms with Gasteiger partial charge in [-0.1, -0.05) is 12.5 Å². The summed E-state index contributed by atoms with van der Waals surface area (Å²) in [6.07, 6.45) is 6.85. The predicted molar refractivity (Wildman–Crippen MR) is 126 cm³/mol. The molecule has 4 fully saturated rings. The highest BCUT2D eigenvalue weighted by molar-refractivity contribution is 9.10. The summed E-state index contributed by atoms with van der Waals surface area (Å²) in [7, 11) is 0. The van der Waals surface area contributed by atoms with E-state index in [1.54, 1.807) is 12.1 Å².